The quantitative estimate of drug-likeness (QED) is 0.560. The number of nitrogens with zero attached hydrogens (tertiary/aromatic N) is 3. The Morgan fingerprint density at radius 3 is 2.46 bits per heavy atom. The third kappa shape index (κ3) is 2.09. The Hall–Kier alpha value is -2.56. The van der Waals surface area contributed by atoms with Gasteiger partial charge in [-0.3, -0.25) is 9.56 Å². The van der Waals surface area contributed by atoms with Crippen molar-refractivity contribution in [3.05, 3.63) is 65.0 Å². The van der Waals surface area contributed by atoms with Crippen LogP contribution in [0.25, 0.3) is 11.0 Å². The summed E-state index contributed by atoms with van der Waals surface area (Å²) in [4.78, 5) is 9.46. The van der Waals surface area contributed by atoms with E-state index in [9.17, 15) is 8.78 Å². The van der Waals surface area contributed by atoms with E-state index in [1.807, 2.05) is 57.4 Å². The number of imidazole rings is 1. The van der Waals surface area contributed by atoms with Crippen LogP contribution in [0.2, 0.25) is 0 Å². The molecule has 0 fully saturated rings. The number of hydrogen-bond donors (Lipinski definition) is 0. The Morgan fingerprint density at radius 1 is 1.00 bits per heavy atom. The van der Waals surface area contributed by atoms with E-state index in [2.05, 4.69) is 4.98 Å². The Kier molecular flexibility index (Phi) is 3.39. The van der Waals surface area contributed by atoms with E-state index in [0.29, 0.717) is 17.0 Å². The number of benzene rings is 2. The van der Waals surface area contributed by atoms with Gasteiger partial charge in [0, 0.05) is 16.5 Å². The van der Waals surface area contributed by atoms with Crippen molar-refractivity contribution in [2.45, 2.75) is 45.6 Å². The van der Waals surface area contributed by atoms with Crippen molar-refractivity contribution in [2.24, 2.45) is 4.99 Å². The molecule has 134 valence electrons. The number of aromatic nitrogens is 2. The first kappa shape index (κ1) is 16.9. The molecular formula is C21H21F2N3. The summed E-state index contributed by atoms with van der Waals surface area (Å²) in [6, 6.07) is 8.71. The predicted octanol–water partition coefficient (Wildman–Crippen LogP) is 4.99. The molecule has 0 atom stereocenters. The molecule has 1 aromatic heterocycles. The highest BCUT2D eigenvalue weighted by atomic mass is 19.2. The minimum Gasteiger partial charge on any atom is -0.283 e. The van der Waals surface area contributed by atoms with E-state index >= 15 is 0 Å². The van der Waals surface area contributed by atoms with Gasteiger partial charge in [-0.1, -0.05) is 26.0 Å². The van der Waals surface area contributed by atoms with Crippen molar-refractivity contribution >= 4 is 16.9 Å². The topological polar surface area (TPSA) is 30.2 Å². The van der Waals surface area contributed by atoms with Crippen LogP contribution in [-0.4, -0.2) is 20.9 Å². The second kappa shape index (κ2) is 5.22. The molecule has 26 heavy (non-hydrogen) atoms. The van der Waals surface area contributed by atoms with Gasteiger partial charge >= 0.3 is 0 Å². The second-order valence-corrected chi connectivity index (χ2v) is 7.96. The van der Waals surface area contributed by atoms with E-state index in [0.717, 1.165) is 16.6 Å². The predicted molar refractivity (Wildman–Crippen MR) is 99.9 cm³/mol. The summed E-state index contributed by atoms with van der Waals surface area (Å²) in [5, 5.41) is 0. The summed E-state index contributed by atoms with van der Waals surface area (Å²) >= 11 is 0. The van der Waals surface area contributed by atoms with Crippen molar-refractivity contribution < 1.29 is 8.78 Å². The average Bonchev–Trinajstić information content (AvgIpc) is 2.99. The van der Waals surface area contributed by atoms with Gasteiger partial charge in [0.25, 0.3) is 0 Å². The third-order valence-corrected chi connectivity index (χ3v) is 5.88. The molecule has 0 unspecified atom stereocenters. The molecule has 2 aromatic carbocycles. The lowest BCUT2D eigenvalue weighted by Crippen LogP contribution is -2.47. The Balaban J connectivity index is 2.08. The van der Waals surface area contributed by atoms with Gasteiger partial charge in [0.1, 0.15) is 12.2 Å². The summed E-state index contributed by atoms with van der Waals surface area (Å²) < 4.78 is 30.8. The van der Waals surface area contributed by atoms with Crippen molar-refractivity contribution in [3.63, 3.8) is 0 Å². The summed E-state index contributed by atoms with van der Waals surface area (Å²) in [6.07, 6.45) is 1.70. The largest absolute Gasteiger partial charge is 0.283 e. The molecular weight excluding hydrogens is 332 g/mol. The summed E-state index contributed by atoms with van der Waals surface area (Å²) in [5.41, 5.74) is 2.52. The smallest absolute Gasteiger partial charge is 0.163 e. The monoisotopic (exact) mass is 353 g/mol. The standard InChI is InChI=1S/C21H21F2N3/c1-12-7-6-8-15-18(12)24-11-26(15)19-13-9-10-14(22)17(23)16(13)20(2,3)21(4,5)25-19/h6-11H,1-5H3. The number of para-hydroxylation sites is 1. The zero-order chi connectivity index (χ0) is 18.9. The highest BCUT2D eigenvalue weighted by molar-refractivity contribution is 6.07. The minimum absolute atomic E-state index is 0.363. The lowest BCUT2D eigenvalue weighted by molar-refractivity contribution is 0.288. The van der Waals surface area contributed by atoms with Crippen LogP contribution >= 0.6 is 0 Å². The lowest BCUT2D eigenvalue weighted by atomic mass is 9.66. The molecule has 0 spiro atoms. The van der Waals surface area contributed by atoms with Gasteiger partial charge in [0.05, 0.1) is 16.6 Å². The fraction of sp³-hybridized carbons (Fsp3) is 0.333. The summed E-state index contributed by atoms with van der Waals surface area (Å²) in [5.74, 6) is -1.04. The molecule has 4 rings (SSSR count). The van der Waals surface area contributed by atoms with Crippen LogP contribution in [-0.2, 0) is 5.41 Å². The normalized spacial score (nSPS) is 17.9. The Morgan fingerprint density at radius 2 is 1.73 bits per heavy atom. The minimum atomic E-state index is -0.833. The van der Waals surface area contributed by atoms with Crippen molar-refractivity contribution in [3.8, 4) is 0 Å². The molecule has 0 aliphatic carbocycles. The van der Waals surface area contributed by atoms with Crippen LogP contribution in [0.1, 0.15) is 44.4 Å². The molecule has 3 nitrogen and oxygen atoms in total. The van der Waals surface area contributed by atoms with Crippen molar-refractivity contribution in [2.75, 3.05) is 0 Å². The van der Waals surface area contributed by atoms with Gasteiger partial charge in [0.2, 0.25) is 0 Å². The van der Waals surface area contributed by atoms with Crippen LogP contribution in [0.5, 0.6) is 0 Å². The summed E-state index contributed by atoms with van der Waals surface area (Å²) in [6.45, 7) is 9.71. The van der Waals surface area contributed by atoms with E-state index in [4.69, 9.17) is 4.99 Å². The molecule has 3 aromatic rings. The van der Waals surface area contributed by atoms with Gasteiger partial charge < -0.3 is 0 Å². The maximum atomic E-state index is 14.9. The highest BCUT2D eigenvalue weighted by Gasteiger charge is 2.46. The Bertz CT molecular complexity index is 1070. The lowest BCUT2D eigenvalue weighted by Gasteiger charge is -2.44. The molecule has 0 saturated carbocycles. The van der Waals surface area contributed by atoms with Crippen LogP contribution in [0.15, 0.2) is 41.7 Å². The van der Waals surface area contributed by atoms with Crippen molar-refractivity contribution in [1.29, 1.82) is 0 Å². The number of rotatable bonds is 0. The number of hydrogen-bond acceptors (Lipinski definition) is 2. The second-order valence-electron chi connectivity index (χ2n) is 7.96. The third-order valence-electron chi connectivity index (χ3n) is 5.88. The fourth-order valence-electron chi connectivity index (χ4n) is 3.65. The van der Waals surface area contributed by atoms with Crippen LogP contribution in [0.4, 0.5) is 8.78 Å². The Labute approximate surface area is 151 Å². The number of halogens is 2. The van der Waals surface area contributed by atoms with Gasteiger partial charge in [-0.2, -0.15) is 0 Å². The first-order valence-electron chi connectivity index (χ1n) is 8.67. The van der Waals surface area contributed by atoms with E-state index < -0.39 is 22.6 Å². The summed E-state index contributed by atoms with van der Waals surface area (Å²) in [7, 11) is 0. The zero-order valence-corrected chi connectivity index (χ0v) is 15.6. The first-order valence-corrected chi connectivity index (χ1v) is 8.67. The van der Waals surface area contributed by atoms with Gasteiger partial charge in [0.15, 0.2) is 11.6 Å². The molecule has 2 heterocycles. The maximum Gasteiger partial charge on any atom is 0.163 e. The highest BCUT2D eigenvalue weighted by Crippen LogP contribution is 2.45. The molecule has 1 aliphatic heterocycles. The van der Waals surface area contributed by atoms with Crippen LogP contribution in [0.3, 0.4) is 0 Å². The number of aliphatic imine (C=N–C) groups is 1. The fourth-order valence-corrected chi connectivity index (χ4v) is 3.65. The SMILES string of the molecule is Cc1cccc2c1ncn2C1=NC(C)(C)C(C)(C)c2c1ccc(F)c2F. The molecule has 0 amide bonds. The zero-order valence-electron chi connectivity index (χ0n) is 15.6. The molecule has 0 N–H and O–H groups in total. The molecule has 1 aliphatic rings. The van der Waals surface area contributed by atoms with E-state index in [-0.39, 0.29) is 0 Å². The molecule has 0 saturated heterocycles. The van der Waals surface area contributed by atoms with Gasteiger partial charge in [-0.25, -0.2) is 13.8 Å². The molecule has 0 radical (unpaired) electrons. The molecule has 0 bridgehead atoms. The van der Waals surface area contributed by atoms with Gasteiger partial charge in [-0.15, -0.1) is 0 Å². The maximum absolute atomic E-state index is 14.9. The number of fused-ring (bicyclic) bond motifs is 2. The van der Waals surface area contributed by atoms with Crippen LogP contribution < -0.4 is 0 Å². The van der Waals surface area contributed by atoms with E-state index in [1.54, 1.807) is 12.4 Å². The van der Waals surface area contributed by atoms with Gasteiger partial charge in [-0.05, 0) is 44.5 Å². The number of aryl methyl sites for hydroxylation is 1. The van der Waals surface area contributed by atoms with Crippen molar-refractivity contribution in [1.82, 2.24) is 9.55 Å². The molecule has 5 heteroatoms. The van der Waals surface area contributed by atoms with Crippen LogP contribution in [0, 0.1) is 18.6 Å². The first-order chi connectivity index (χ1) is 12.1. The van der Waals surface area contributed by atoms with E-state index in [1.165, 1.54) is 6.07 Å². The average molecular weight is 353 g/mol.